The number of fused-ring (bicyclic) bond motifs is 2. The summed E-state index contributed by atoms with van der Waals surface area (Å²) < 4.78 is 56.6. The fourth-order valence-corrected chi connectivity index (χ4v) is 8.88. The van der Waals surface area contributed by atoms with Gasteiger partial charge in [-0.15, -0.1) is 0 Å². The number of alkyl carbamates (subject to hydrolysis) is 1. The molecule has 3 N–H and O–H groups in total. The third kappa shape index (κ3) is 18.5. The SMILES string of the molecule is COC[C@@H]1[C@H](NC(=O)NCCCN(CCCCN(CCCNC(=O)OC(C)(C)C)C(=O)OC(C)(C)C)C(=O)OC(C)(C)C)c2cc3c(cc2C(c2cc(OC)c(OC(=O)OCc4ccccc4)c(OC)c2)[C@H]1C=O)OCO3. The lowest BCUT2D eigenvalue weighted by Gasteiger charge is -2.42. The zero-order valence-electron chi connectivity index (χ0n) is 46.7. The molecule has 5 amide bonds. The molecule has 3 aromatic carbocycles. The van der Waals surface area contributed by atoms with Gasteiger partial charge in [-0.1, -0.05) is 30.3 Å². The number of rotatable bonds is 23. The van der Waals surface area contributed by atoms with Gasteiger partial charge in [0.15, 0.2) is 23.0 Å². The molecule has 5 rings (SSSR count). The van der Waals surface area contributed by atoms with Crippen molar-refractivity contribution in [1.82, 2.24) is 25.8 Å². The van der Waals surface area contributed by atoms with Crippen molar-refractivity contribution in [3.8, 4) is 28.7 Å². The molecule has 4 atom stereocenters. The number of nitrogens with zero attached hydrogens (tertiary/aromatic N) is 2. The molecule has 0 aromatic heterocycles. The van der Waals surface area contributed by atoms with Crippen molar-refractivity contribution in [3.05, 3.63) is 76.9 Å². The molecule has 0 spiro atoms. The summed E-state index contributed by atoms with van der Waals surface area (Å²) >= 11 is 0. The van der Waals surface area contributed by atoms with Gasteiger partial charge in [0.2, 0.25) is 12.5 Å². The Labute approximate surface area is 452 Å². The maximum Gasteiger partial charge on any atom is 0.514 e. The molecule has 21 nitrogen and oxygen atoms in total. The highest BCUT2D eigenvalue weighted by atomic mass is 16.7. The number of hydrogen-bond donors (Lipinski definition) is 3. The number of nitrogens with one attached hydrogen (secondary N) is 3. The normalized spacial score (nSPS) is 16.7. The summed E-state index contributed by atoms with van der Waals surface area (Å²) in [6, 6.07) is 14.8. The molecule has 0 saturated carbocycles. The third-order valence-corrected chi connectivity index (χ3v) is 12.2. The number of ether oxygens (including phenoxy) is 10. The molecule has 1 heterocycles. The minimum atomic E-state index is -0.982. The lowest BCUT2D eigenvalue weighted by molar-refractivity contribution is -0.114. The van der Waals surface area contributed by atoms with E-state index in [1.807, 2.05) is 30.3 Å². The van der Waals surface area contributed by atoms with Gasteiger partial charge in [-0.2, -0.15) is 0 Å². The topological polar surface area (TPSA) is 237 Å². The Morgan fingerprint density at radius 3 is 1.70 bits per heavy atom. The quantitative estimate of drug-likeness (QED) is 0.0264. The predicted molar refractivity (Wildman–Crippen MR) is 284 cm³/mol. The fraction of sp³-hybridized carbons (Fsp3) is 0.571. The minimum absolute atomic E-state index is 0.0256. The van der Waals surface area contributed by atoms with Gasteiger partial charge in [0.1, 0.15) is 29.7 Å². The highest BCUT2D eigenvalue weighted by Gasteiger charge is 2.46. The van der Waals surface area contributed by atoms with Crippen LogP contribution in [-0.4, -0.2) is 137 Å². The van der Waals surface area contributed by atoms with Crippen LogP contribution in [0.4, 0.5) is 24.0 Å². The number of methoxy groups -OCH3 is 3. The highest BCUT2D eigenvalue weighted by molar-refractivity contribution is 5.76. The average Bonchev–Trinajstić information content (AvgIpc) is 3.87. The van der Waals surface area contributed by atoms with Gasteiger partial charge in [0.25, 0.3) is 0 Å². The molecule has 3 aromatic rings. The Balaban J connectivity index is 1.28. The summed E-state index contributed by atoms with van der Waals surface area (Å²) in [5.74, 6) is -0.941. The van der Waals surface area contributed by atoms with Crippen molar-refractivity contribution >= 4 is 36.8 Å². The first kappa shape index (κ1) is 60.7. The van der Waals surface area contributed by atoms with E-state index in [0.717, 1.165) is 11.8 Å². The smallest absolute Gasteiger partial charge is 0.493 e. The van der Waals surface area contributed by atoms with E-state index < -0.39 is 71.1 Å². The summed E-state index contributed by atoms with van der Waals surface area (Å²) in [6.07, 6.45) is 0.169. The van der Waals surface area contributed by atoms with Gasteiger partial charge in [-0.05, 0) is 135 Å². The van der Waals surface area contributed by atoms with Gasteiger partial charge in [-0.25, -0.2) is 24.0 Å². The number of carbonyl (C=O) groups is 6. The molecule has 1 aliphatic heterocycles. The van der Waals surface area contributed by atoms with Gasteiger partial charge < -0.3 is 77.9 Å². The zero-order chi connectivity index (χ0) is 56.5. The minimum Gasteiger partial charge on any atom is -0.493 e. The molecule has 1 aliphatic carbocycles. The first-order chi connectivity index (χ1) is 36.4. The van der Waals surface area contributed by atoms with Crippen molar-refractivity contribution in [2.24, 2.45) is 11.8 Å². The number of urea groups is 1. The van der Waals surface area contributed by atoms with E-state index in [1.165, 1.54) is 21.3 Å². The first-order valence-corrected chi connectivity index (χ1v) is 25.9. The van der Waals surface area contributed by atoms with Crippen molar-refractivity contribution < 1.29 is 76.1 Å². The second kappa shape index (κ2) is 27.8. The lowest BCUT2D eigenvalue weighted by Crippen LogP contribution is -2.48. The van der Waals surface area contributed by atoms with Crippen LogP contribution in [0.1, 0.15) is 122 Å². The highest BCUT2D eigenvalue weighted by Crippen LogP contribution is 2.53. The summed E-state index contributed by atoms with van der Waals surface area (Å²) in [4.78, 5) is 82.5. The van der Waals surface area contributed by atoms with Crippen molar-refractivity contribution in [2.45, 2.75) is 123 Å². The Hall–Kier alpha value is -7.16. The third-order valence-electron chi connectivity index (χ3n) is 12.2. The second-order valence-electron chi connectivity index (χ2n) is 21.7. The number of benzene rings is 3. The van der Waals surface area contributed by atoms with E-state index in [1.54, 1.807) is 96.4 Å². The van der Waals surface area contributed by atoms with Crippen LogP contribution in [0.25, 0.3) is 0 Å². The number of hydrogen-bond acceptors (Lipinski definition) is 16. The van der Waals surface area contributed by atoms with Gasteiger partial charge in [0.05, 0.1) is 26.9 Å². The molecular formula is C56H79N5O16. The molecule has 0 saturated heterocycles. The first-order valence-electron chi connectivity index (χ1n) is 25.9. The fourth-order valence-electron chi connectivity index (χ4n) is 8.88. The van der Waals surface area contributed by atoms with E-state index in [0.29, 0.717) is 73.5 Å². The Bertz CT molecular complexity index is 2440. The Morgan fingerprint density at radius 2 is 1.19 bits per heavy atom. The van der Waals surface area contributed by atoms with Crippen LogP contribution >= 0.6 is 0 Å². The van der Waals surface area contributed by atoms with Crippen molar-refractivity contribution in [3.63, 3.8) is 0 Å². The molecule has 1 unspecified atom stereocenters. The van der Waals surface area contributed by atoms with Crippen LogP contribution in [0, 0.1) is 11.8 Å². The average molecular weight is 1080 g/mol. The monoisotopic (exact) mass is 1080 g/mol. The van der Waals surface area contributed by atoms with Crippen LogP contribution in [0.3, 0.4) is 0 Å². The molecular weight excluding hydrogens is 999 g/mol. The summed E-state index contributed by atoms with van der Waals surface area (Å²) in [5.41, 5.74) is 0.507. The van der Waals surface area contributed by atoms with Crippen molar-refractivity contribution in [2.75, 3.05) is 74.0 Å². The van der Waals surface area contributed by atoms with Crippen LogP contribution < -0.4 is 39.6 Å². The van der Waals surface area contributed by atoms with E-state index in [4.69, 9.17) is 47.4 Å². The van der Waals surface area contributed by atoms with Gasteiger partial charge in [0, 0.05) is 64.1 Å². The lowest BCUT2D eigenvalue weighted by atomic mass is 9.64. The molecule has 0 radical (unpaired) electrons. The Morgan fingerprint density at radius 1 is 0.675 bits per heavy atom. The number of aldehydes is 1. The van der Waals surface area contributed by atoms with Crippen LogP contribution in [0.5, 0.6) is 28.7 Å². The number of carbonyl (C=O) groups excluding carboxylic acids is 6. The van der Waals surface area contributed by atoms with Crippen LogP contribution in [0.15, 0.2) is 54.6 Å². The van der Waals surface area contributed by atoms with Crippen molar-refractivity contribution in [1.29, 1.82) is 0 Å². The molecule has 2 aliphatic rings. The molecule has 0 bridgehead atoms. The maximum absolute atomic E-state index is 14.0. The zero-order valence-corrected chi connectivity index (χ0v) is 46.7. The molecule has 424 valence electrons. The van der Waals surface area contributed by atoms with E-state index in [-0.39, 0.29) is 56.9 Å². The van der Waals surface area contributed by atoms with Gasteiger partial charge >= 0.3 is 30.5 Å². The number of unbranched alkanes of at least 4 members (excludes halogenated alkanes) is 1. The number of amides is 5. The van der Waals surface area contributed by atoms with Crippen LogP contribution in [0.2, 0.25) is 0 Å². The Kier molecular flexibility index (Phi) is 21.9. The van der Waals surface area contributed by atoms with E-state index in [9.17, 15) is 28.8 Å². The summed E-state index contributed by atoms with van der Waals surface area (Å²) in [6.45, 7) is 17.7. The molecule has 21 heteroatoms. The van der Waals surface area contributed by atoms with Gasteiger partial charge in [-0.3, -0.25) is 0 Å². The predicted octanol–water partition coefficient (Wildman–Crippen LogP) is 9.27. The summed E-state index contributed by atoms with van der Waals surface area (Å²) in [7, 11) is 4.34. The van der Waals surface area contributed by atoms with E-state index >= 15 is 0 Å². The van der Waals surface area contributed by atoms with E-state index in [2.05, 4.69) is 16.0 Å². The standard InChI is InChI=1S/C56H79N5O16/c1-54(2,3)75-50(64)58-23-19-27-61(52(66)77-56(7,8)9)25-17-16-24-60(51(65)76-55(4,5)6)26-18-22-57-49(63)59-47-39-31-43-42(72-35-73-43)30-38(39)46(40(32-62)41(47)34-68-10)37-28-44(69-11)48(45(29-37)70-12)74-53(67)71-33-36-20-14-13-15-21-36/h13-15,20-21,28-32,40-41,46-47H,16-19,22-27,33-35H2,1-12H3,(H,58,64)(H2,57,59,63)/t40-,41-,46?,47+/m0/s1. The largest absolute Gasteiger partial charge is 0.514 e. The summed E-state index contributed by atoms with van der Waals surface area (Å²) in [5, 5.41) is 8.75. The molecule has 0 fully saturated rings. The molecule has 77 heavy (non-hydrogen) atoms. The maximum atomic E-state index is 14.0. The second-order valence-corrected chi connectivity index (χ2v) is 21.7. The van der Waals surface area contributed by atoms with Crippen LogP contribution in [-0.2, 0) is 35.1 Å².